The summed E-state index contributed by atoms with van der Waals surface area (Å²) in [7, 11) is 0. The second-order valence-electron chi connectivity index (χ2n) is 3.57. The van der Waals surface area contributed by atoms with E-state index in [4.69, 9.17) is 0 Å². The zero-order valence-electron chi connectivity index (χ0n) is 8.66. The molecule has 1 N–H and O–H groups in total. The maximum absolute atomic E-state index is 11.7. The second kappa shape index (κ2) is 5.29. The van der Waals surface area contributed by atoms with E-state index in [2.05, 4.69) is 3.53 Å². The van der Waals surface area contributed by atoms with Crippen LogP contribution in [0.4, 0.5) is 5.69 Å². The third-order valence-electron chi connectivity index (χ3n) is 2.09. The Bertz CT molecular complexity index is 412. The monoisotopic (exact) mass is 320 g/mol. The molecule has 0 saturated heterocycles. The van der Waals surface area contributed by atoms with Crippen molar-refractivity contribution in [3.63, 3.8) is 0 Å². The molecule has 1 heterocycles. The van der Waals surface area contributed by atoms with E-state index < -0.39 is 0 Å². The summed E-state index contributed by atoms with van der Waals surface area (Å²) in [4.78, 5) is 23.2. The summed E-state index contributed by atoms with van der Waals surface area (Å²) < 4.78 is 4.18. The number of Topliss-reactive ketones (excluding diaryl/α,β-unsaturated/α-hetero) is 1. The second-order valence-corrected chi connectivity index (χ2v) is 4.11. The van der Waals surface area contributed by atoms with Crippen molar-refractivity contribution in [1.29, 1.82) is 0 Å². The van der Waals surface area contributed by atoms with E-state index in [0.29, 0.717) is 5.69 Å². The Morgan fingerprint density at radius 1 is 1.60 bits per heavy atom. The van der Waals surface area contributed by atoms with Gasteiger partial charge in [-0.05, 0) is 12.1 Å². The molecule has 0 saturated carbocycles. The third kappa shape index (κ3) is 3.05. The smallest absolute Gasteiger partial charge is 0.274 e. The van der Waals surface area contributed by atoms with E-state index in [-0.39, 0.29) is 23.8 Å². The number of hydrogen-bond donors (Lipinski definition) is 1. The van der Waals surface area contributed by atoms with Crippen LogP contribution in [-0.4, -0.2) is 10.4 Å². The molecule has 4 nitrogen and oxygen atoms in total. The fourth-order valence-electron chi connectivity index (χ4n) is 1.08. The summed E-state index contributed by atoms with van der Waals surface area (Å²) in [5, 5.41) is 0. The molecule has 0 unspecified atom stereocenters. The summed E-state index contributed by atoms with van der Waals surface area (Å²) >= 11 is 1.89. The third-order valence-corrected chi connectivity index (χ3v) is 2.67. The van der Waals surface area contributed by atoms with Crippen LogP contribution in [0.3, 0.4) is 0 Å². The molecule has 1 aromatic heterocycles. The van der Waals surface area contributed by atoms with Gasteiger partial charge in [0.15, 0.2) is 5.78 Å². The van der Waals surface area contributed by atoms with Crippen LogP contribution >= 0.6 is 22.9 Å². The van der Waals surface area contributed by atoms with Gasteiger partial charge >= 0.3 is 0 Å². The zero-order valence-corrected chi connectivity index (χ0v) is 10.8. The number of carbonyl (C=O) groups is 1. The lowest BCUT2D eigenvalue weighted by Crippen LogP contribution is -2.26. The van der Waals surface area contributed by atoms with Crippen LogP contribution in [0.2, 0.25) is 0 Å². The molecule has 0 atom stereocenters. The van der Waals surface area contributed by atoms with Gasteiger partial charge < -0.3 is 8.10 Å². The summed E-state index contributed by atoms with van der Waals surface area (Å²) in [6.07, 6.45) is 1.63. The van der Waals surface area contributed by atoms with E-state index >= 15 is 0 Å². The molecule has 0 bridgehead atoms. The number of rotatable bonds is 4. The number of halogens is 1. The number of pyridine rings is 1. The Morgan fingerprint density at radius 3 is 2.80 bits per heavy atom. The fourth-order valence-corrected chi connectivity index (χ4v) is 1.49. The summed E-state index contributed by atoms with van der Waals surface area (Å²) in [6.45, 7) is 3.80. The largest absolute Gasteiger partial charge is 0.324 e. The minimum atomic E-state index is -0.166. The molecule has 0 aliphatic carbocycles. The lowest BCUT2D eigenvalue weighted by molar-refractivity contribution is -0.122. The number of aromatic nitrogens is 1. The van der Waals surface area contributed by atoms with E-state index in [0.717, 1.165) is 0 Å². The topological polar surface area (TPSA) is 51.1 Å². The number of anilines is 1. The van der Waals surface area contributed by atoms with Crippen LogP contribution < -0.4 is 9.09 Å². The van der Waals surface area contributed by atoms with Gasteiger partial charge in [0.25, 0.3) is 5.56 Å². The SMILES string of the molecule is CC(C)C(=O)Cn1cccc(NI)c1=O. The molecule has 1 rings (SSSR count). The van der Waals surface area contributed by atoms with Gasteiger partial charge in [-0.25, -0.2) is 0 Å². The Labute approximate surface area is 102 Å². The van der Waals surface area contributed by atoms with E-state index in [1.807, 2.05) is 36.7 Å². The quantitative estimate of drug-likeness (QED) is 0.680. The van der Waals surface area contributed by atoms with Gasteiger partial charge in [0.2, 0.25) is 0 Å². The van der Waals surface area contributed by atoms with Crippen molar-refractivity contribution >= 4 is 34.3 Å². The first-order valence-electron chi connectivity index (χ1n) is 4.65. The average molecular weight is 320 g/mol. The molecule has 15 heavy (non-hydrogen) atoms. The van der Waals surface area contributed by atoms with Gasteiger partial charge in [-0.3, -0.25) is 9.59 Å². The minimum absolute atomic E-state index is 0.0480. The van der Waals surface area contributed by atoms with Crippen molar-refractivity contribution in [2.24, 2.45) is 5.92 Å². The van der Waals surface area contributed by atoms with Crippen LogP contribution in [0.5, 0.6) is 0 Å². The molecule has 0 aromatic carbocycles. The highest BCUT2D eigenvalue weighted by Gasteiger charge is 2.09. The highest BCUT2D eigenvalue weighted by molar-refractivity contribution is 14.1. The number of carbonyl (C=O) groups excluding carboxylic acids is 1. The lowest BCUT2D eigenvalue weighted by Gasteiger charge is -2.08. The number of nitrogens with zero attached hydrogens (tertiary/aromatic N) is 1. The Balaban J connectivity index is 2.96. The van der Waals surface area contributed by atoms with Crippen LogP contribution in [0.25, 0.3) is 0 Å². The van der Waals surface area contributed by atoms with E-state index in [1.165, 1.54) is 4.57 Å². The standard InChI is InChI=1S/C10H13IN2O2/c1-7(2)9(14)6-13-5-3-4-8(12-11)10(13)15/h3-5,7,12H,6H2,1-2H3. The lowest BCUT2D eigenvalue weighted by atomic mass is 10.1. The van der Waals surface area contributed by atoms with Crippen molar-refractivity contribution in [2.75, 3.05) is 3.53 Å². The number of ketones is 1. The molecule has 82 valence electrons. The van der Waals surface area contributed by atoms with Crippen molar-refractivity contribution in [2.45, 2.75) is 20.4 Å². The maximum atomic E-state index is 11.7. The Kier molecular flexibility index (Phi) is 4.31. The van der Waals surface area contributed by atoms with Crippen molar-refractivity contribution in [3.05, 3.63) is 28.7 Å². The number of nitrogens with one attached hydrogen (secondary N) is 1. The van der Waals surface area contributed by atoms with Gasteiger partial charge in [0.1, 0.15) is 5.69 Å². The minimum Gasteiger partial charge on any atom is -0.324 e. The molecule has 5 heteroatoms. The molecule has 0 aliphatic heterocycles. The summed E-state index contributed by atoms with van der Waals surface area (Å²) in [5.41, 5.74) is 0.329. The fraction of sp³-hybridized carbons (Fsp3) is 0.400. The van der Waals surface area contributed by atoms with E-state index in [1.54, 1.807) is 18.3 Å². The average Bonchev–Trinajstić information content (AvgIpc) is 2.21. The van der Waals surface area contributed by atoms with Gasteiger partial charge in [-0.1, -0.05) is 13.8 Å². The molecule has 1 aromatic rings. The summed E-state index contributed by atoms with van der Waals surface area (Å²) in [5.74, 6) is 0.0100. The number of hydrogen-bond acceptors (Lipinski definition) is 3. The van der Waals surface area contributed by atoms with Gasteiger partial charge in [-0.2, -0.15) is 0 Å². The maximum Gasteiger partial charge on any atom is 0.274 e. The first-order valence-corrected chi connectivity index (χ1v) is 5.73. The van der Waals surface area contributed by atoms with E-state index in [9.17, 15) is 9.59 Å². The van der Waals surface area contributed by atoms with Crippen LogP contribution in [0, 0.1) is 5.92 Å². The van der Waals surface area contributed by atoms with Crippen molar-refractivity contribution < 1.29 is 4.79 Å². The molecular weight excluding hydrogens is 307 g/mol. The van der Waals surface area contributed by atoms with Gasteiger partial charge in [0, 0.05) is 12.1 Å². The first kappa shape index (κ1) is 12.2. The highest BCUT2D eigenvalue weighted by Crippen LogP contribution is 2.02. The molecule has 0 amide bonds. The molecule has 0 spiro atoms. The predicted molar refractivity (Wildman–Crippen MR) is 68.2 cm³/mol. The zero-order chi connectivity index (χ0) is 11.4. The molecular formula is C10H13IN2O2. The van der Waals surface area contributed by atoms with Crippen LogP contribution in [0.15, 0.2) is 23.1 Å². The highest BCUT2D eigenvalue weighted by atomic mass is 127. The molecule has 0 fully saturated rings. The first-order chi connectivity index (χ1) is 7.06. The van der Waals surface area contributed by atoms with Crippen LogP contribution in [-0.2, 0) is 11.3 Å². The van der Waals surface area contributed by atoms with Gasteiger partial charge in [-0.15, -0.1) is 0 Å². The Hall–Kier alpha value is -0.850. The van der Waals surface area contributed by atoms with Crippen molar-refractivity contribution in [1.82, 2.24) is 4.57 Å². The van der Waals surface area contributed by atoms with Crippen molar-refractivity contribution in [3.8, 4) is 0 Å². The summed E-state index contributed by atoms with van der Waals surface area (Å²) in [6, 6.07) is 3.43. The normalized spacial score (nSPS) is 10.4. The Morgan fingerprint density at radius 2 is 2.27 bits per heavy atom. The van der Waals surface area contributed by atoms with Crippen LogP contribution in [0.1, 0.15) is 13.8 Å². The predicted octanol–water partition coefficient (Wildman–Crippen LogP) is 1.84. The molecule has 0 aliphatic rings. The molecule has 0 radical (unpaired) electrons. The van der Waals surface area contributed by atoms with Gasteiger partial charge in [0.05, 0.1) is 29.4 Å².